The third-order valence-electron chi connectivity index (χ3n) is 4.15. The van der Waals surface area contributed by atoms with E-state index in [4.69, 9.17) is 11.2 Å². The molecular weight excluding hydrogens is 210 g/mol. The average molecular weight is 235 g/mol. The summed E-state index contributed by atoms with van der Waals surface area (Å²) in [5.74, 6) is 2.67. The van der Waals surface area contributed by atoms with Crippen molar-refractivity contribution in [3.63, 3.8) is 0 Å². The first kappa shape index (κ1) is 12.9. The molecule has 1 aliphatic carbocycles. The lowest BCUT2D eigenvalue weighted by molar-refractivity contribution is -0.0622. The van der Waals surface area contributed by atoms with E-state index >= 15 is 0 Å². The van der Waals surface area contributed by atoms with Gasteiger partial charge in [0, 0.05) is 13.0 Å². The lowest BCUT2D eigenvalue weighted by atomic mass is 9.83. The quantitative estimate of drug-likeness (QED) is 0.584. The van der Waals surface area contributed by atoms with Crippen molar-refractivity contribution in [2.24, 2.45) is 0 Å². The Labute approximate surface area is 105 Å². The summed E-state index contributed by atoms with van der Waals surface area (Å²) in [7, 11) is 0. The van der Waals surface area contributed by atoms with E-state index in [0.717, 1.165) is 25.9 Å². The molecule has 1 N–H and O–H groups in total. The number of hydrogen-bond acceptors (Lipinski definition) is 2. The number of rotatable bonds is 5. The highest BCUT2D eigenvalue weighted by Crippen LogP contribution is 2.41. The smallest absolute Gasteiger partial charge is 0.0708 e. The fourth-order valence-corrected chi connectivity index (χ4v) is 3.18. The van der Waals surface area contributed by atoms with Crippen LogP contribution in [0, 0.1) is 12.3 Å². The van der Waals surface area contributed by atoms with Gasteiger partial charge in [-0.3, -0.25) is 0 Å². The molecule has 1 saturated heterocycles. The molecule has 1 heterocycles. The maximum absolute atomic E-state index is 6.29. The van der Waals surface area contributed by atoms with Gasteiger partial charge >= 0.3 is 0 Å². The summed E-state index contributed by atoms with van der Waals surface area (Å²) >= 11 is 0. The van der Waals surface area contributed by atoms with E-state index in [0.29, 0.717) is 6.10 Å². The van der Waals surface area contributed by atoms with Crippen LogP contribution in [0.25, 0.3) is 0 Å². The van der Waals surface area contributed by atoms with Gasteiger partial charge in [-0.05, 0) is 38.6 Å². The van der Waals surface area contributed by atoms with E-state index in [1.807, 2.05) is 0 Å². The minimum Gasteiger partial charge on any atom is -0.370 e. The standard InChI is InChI=1S/C15H25NO/c1-2-3-7-12-16-13-14-8-11-15(17-14)9-5-4-6-10-15/h1,14,16H,3-13H2. The number of nitrogens with one attached hydrogen (secondary N) is 1. The van der Waals surface area contributed by atoms with Crippen LogP contribution in [0.5, 0.6) is 0 Å². The van der Waals surface area contributed by atoms with Crippen LogP contribution >= 0.6 is 0 Å². The molecule has 0 aromatic carbocycles. The SMILES string of the molecule is C#CCCCNCC1CCC2(CCCCC2)O1. The third-order valence-corrected chi connectivity index (χ3v) is 4.15. The molecule has 2 rings (SSSR count). The summed E-state index contributed by atoms with van der Waals surface area (Å²) in [6, 6.07) is 0. The van der Waals surface area contributed by atoms with Crippen LogP contribution < -0.4 is 5.32 Å². The van der Waals surface area contributed by atoms with Gasteiger partial charge in [-0.15, -0.1) is 12.3 Å². The molecule has 2 fully saturated rings. The first-order valence-electron chi connectivity index (χ1n) is 7.17. The fourth-order valence-electron chi connectivity index (χ4n) is 3.18. The molecule has 17 heavy (non-hydrogen) atoms. The molecule has 1 saturated carbocycles. The second-order valence-electron chi connectivity index (χ2n) is 5.53. The Bertz CT molecular complexity index is 263. The van der Waals surface area contributed by atoms with Crippen molar-refractivity contribution in [2.45, 2.75) is 69.5 Å². The molecule has 0 amide bonds. The zero-order valence-corrected chi connectivity index (χ0v) is 10.8. The Balaban J connectivity index is 1.62. The number of hydrogen-bond donors (Lipinski definition) is 1. The Morgan fingerprint density at radius 1 is 1.24 bits per heavy atom. The van der Waals surface area contributed by atoms with Gasteiger partial charge in [-0.1, -0.05) is 19.3 Å². The molecular formula is C15H25NO. The van der Waals surface area contributed by atoms with E-state index in [2.05, 4.69) is 11.2 Å². The molecule has 2 nitrogen and oxygen atoms in total. The first-order valence-corrected chi connectivity index (χ1v) is 7.17. The molecule has 1 unspecified atom stereocenters. The third kappa shape index (κ3) is 3.72. The summed E-state index contributed by atoms with van der Waals surface area (Å²) in [6.45, 7) is 2.03. The molecule has 1 atom stereocenters. The van der Waals surface area contributed by atoms with Crippen LogP contribution in [0.15, 0.2) is 0 Å². The predicted octanol–water partition coefficient (Wildman–Crippen LogP) is 2.87. The Hall–Kier alpha value is -0.520. The summed E-state index contributed by atoms with van der Waals surface area (Å²) in [5, 5.41) is 3.46. The van der Waals surface area contributed by atoms with Crippen molar-refractivity contribution in [1.29, 1.82) is 0 Å². The van der Waals surface area contributed by atoms with Crippen molar-refractivity contribution in [3.8, 4) is 12.3 Å². The second-order valence-corrected chi connectivity index (χ2v) is 5.53. The molecule has 0 aromatic heterocycles. The van der Waals surface area contributed by atoms with Gasteiger partial charge in [0.1, 0.15) is 0 Å². The summed E-state index contributed by atoms with van der Waals surface area (Å²) < 4.78 is 6.29. The van der Waals surface area contributed by atoms with Gasteiger partial charge in [0.2, 0.25) is 0 Å². The average Bonchev–Trinajstić information content (AvgIpc) is 2.73. The van der Waals surface area contributed by atoms with Crippen molar-refractivity contribution < 1.29 is 4.74 Å². The van der Waals surface area contributed by atoms with Crippen LogP contribution in [-0.4, -0.2) is 24.8 Å². The highest BCUT2D eigenvalue weighted by Gasteiger charge is 2.40. The van der Waals surface area contributed by atoms with E-state index in [1.54, 1.807) is 0 Å². The molecule has 2 heteroatoms. The number of unbranched alkanes of at least 4 members (excludes halogenated alkanes) is 1. The monoisotopic (exact) mass is 235 g/mol. The van der Waals surface area contributed by atoms with Crippen molar-refractivity contribution in [3.05, 3.63) is 0 Å². The van der Waals surface area contributed by atoms with Crippen LogP contribution in [0.4, 0.5) is 0 Å². The fraction of sp³-hybridized carbons (Fsp3) is 0.867. The molecule has 0 bridgehead atoms. The topological polar surface area (TPSA) is 21.3 Å². The zero-order valence-electron chi connectivity index (χ0n) is 10.8. The second kappa shape index (κ2) is 6.42. The maximum atomic E-state index is 6.29. The summed E-state index contributed by atoms with van der Waals surface area (Å²) in [5.41, 5.74) is 0.267. The van der Waals surface area contributed by atoms with Crippen LogP contribution in [-0.2, 0) is 4.74 Å². The minimum absolute atomic E-state index is 0.267. The maximum Gasteiger partial charge on any atom is 0.0708 e. The van der Waals surface area contributed by atoms with E-state index in [1.165, 1.54) is 44.9 Å². The number of terminal acetylenes is 1. The summed E-state index contributed by atoms with van der Waals surface area (Å²) in [4.78, 5) is 0. The Kier molecular flexibility index (Phi) is 4.88. The minimum atomic E-state index is 0.267. The van der Waals surface area contributed by atoms with Gasteiger partial charge in [-0.2, -0.15) is 0 Å². The van der Waals surface area contributed by atoms with Gasteiger partial charge < -0.3 is 10.1 Å². The van der Waals surface area contributed by atoms with Gasteiger partial charge in [0.15, 0.2) is 0 Å². The zero-order chi connectivity index (χ0) is 12.0. The predicted molar refractivity (Wildman–Crippen MR) is 70.9 cm³/mol. The molecule has 96 valence electrons. The van der Waals surface area contributed by atoms with Gasteiger partial charge in [0.05, 0.1) is 11.7 Å². The van der Waals surface area contributed by atoms with E-state index in [-0.39, 0.29) is 5.60 Å². The molecule has 0 aromatic rings. The Morgan fingerprint density at radius 2 is 2.06 bits per heavy atom. The molecule has 1 spiro atoms. The van der Waals surface area contributed by atoms with Gasteiger partial charge in [0.25, 0.3) is 0 Å². The van der Waals surface area contributed by atoms with E-state index < -0.39 is 0 Å². The highest BCUT2D eigenvalue weighted by atomic mass is 16.5. The number of ether oxygens (including phenoxy) is 1. The normalized spacial score (nSPS) is 27.1. The van der Waals surface area contributed by atoms with Crippen LogP contribution in [0.3, 0.4) is 0 Å². The van der Waals surface area contributed by atoms with Crippen molar-refractivity contribution >= 4 is 0 Å². The molecule has 0 radical (unpaired) electrons. The molecule has 1 aliphatic heterocycles. The van der Waals surface area contributed by atoms with E-state index in [9.17, 15) is 0 Å². The largest absolute Gasteiger partial charge is 0.370 e. The lowest BCUT2D eigenvalue weighted by Gasteiger charge is -2.33. The van der Waals surface area contributed by atoms with Crippen molar-refractivity contribution in [1.82, 2.24) is 5.32 Å². The summed E-state index contributed by atoms with van der Waals surface area (Å²) in [6.07, 6.45) is 16.9. The Morgan fingerprint density at radius 3 is 2.82 bits per heavy atom. The van der Waals surface area contributed by atoms with Gasteiger partial charge in [-0.25, -0.2) is 0 Å². The van der Waals surface area contributed by atoms with Crippen LogP contribution in [0.2, 0.25) is 0 Å². The lowest BCUT2D eigenvalue weighted by Crippen LogP contribution is -2.34. The van der Waals surface area contributed by atoms with Crippen LogP contribution in [0.1, 0.15) is 57.8 Å². The van der Waals surface area contributed by atoms with Crippen molar-refractivity contribution in [2.75, 3.05) is 13.1 Å². The molecule has 2 aliphatic rings. The first-order chi connectivity index (χ1) is 8.35. The highest BCUT2D eigenvalue weighted by molar-refractivity contribution is 4.91.